The molecule has 0 spiro atoms. The van der Waals surface area contributed by atoms with Crippen molar-refractivity contribution in [1.29, 1.82) is 0 Å². The lowest BCUT2D eigenvalue weighted by molar-refractivity contribution is -0.118. The van der Waals surface area contributed by atoms with Crippen LogP contribution in [0.2, 0.25) is 0 Å². The number of ether oxygens (including phenoxy) is 3. The molecule has 1 amide bonds. The highest BCUT2D eigenvalue weighted by Crippen LogP contribution is 2.34. The van der Waals surface area contributed by atoms with Gasteiger partial charge in [-0.25, -0.2) is 0 Å². The van der Waals surface area contributed by atoms with E-state index >= 15 is 0 Å². The van der Waals surface area contributed by atoms with Gasteiger partial charge in [-0.2, -0.15) is 5.10 Å². The summed E-state index contributed by atoms with van der Waals surface area (Å²) in [5.74, 6) is 1.28. The molecule has 186 valence electrons. The number of methoxy groups -OCH3 is 2. The second kappa shape index (κ2) is 10.4. The van der Waals surface area contributed by atoms with Crippen molar-refractivity contribution in [3.63, 3.8) is 0 Å². The second-order valence-corrected chi connectivity index (χ2v) is 8.43. The summed E-state index contributed by atoms with van der Waals surface area (Å²) >= 11 is 0. The maximum Gasteiger partial charge on any atom is 0.262 e. The number of fused-ring (bicyclic) bond motifs is 1. The Hall–Kier alpha value is -4.85. The minimum absolute atomic E-state index is 0.0356. The zero-order valence-electron chi connectivity index (χ0n) is 20.4. The molecule has 4 aromatic rings. The summed E-state index contributed by atoms with van der Waals surface area (Å²) in [6.45, 7) is 0.541. The smallest absolute Gasteiger partial charge is 0.262 e. The maximum absolute atomic E-state index is 13.0. The third-order valence-electron chi connectivity index (χ3n) is 5.95. The van der Waals surface area contributed by atoms with E-state index in [1.165, 1.54) is 6.08 Å². The monoisotopic (exact) mass is 495 g/mol. The topological polar surface area (TPSA) is 91.7 Å². The molecule has 0 radical (unpaired) electrons. The standard InChI is InChI=1S/C29H25N3O5/c1-35-26-13-10-21(15-27(26)36-2)29-22(17-32(31-29)16-19-6-4-3-5-7-19)8-11-24(33)20-9-12-25-23(14-20)30-28(34)18-37-25/h3-15,17H,16,18H2,1-2H3,(H,30,34)/b11-8+. The van der Waals surface area contributed by atoms with E-state index in [9.17, 15) is 9.59 Å². The molecule has 1 aromatic heterocycles. The molecule has 3 aromatic carbocycles. The number of aromatic nitrogens is 2. The Bertz CT molecular complexity index is 1490. The Morgan fingerprint density at radius 3 is 2.65 bits per heavy atom. The van der Waals surface area contributed by atoms with Crippen molar-refractivity contribution in [1.82, 2.24) is 9.78 Å². The number of hydrogen-bond acceptors (Lipinski definition) is 6. The fourth-order valence-corrected chi connectivity index (χ4v) is 4.12. The number of carbonyl (C=O) groups excluding carboxylic acids is 2. The quantitative estimate of drug-likeness (QED) is 0.278. The molecule has 0 unspecified atom stereocenters. The van der Waals surface area contributed by atoms with Crippen LogP contribution in [0.3, 0.4) is 0 Å². The summed E-state index contributed by atoms with van der Waals surface area (Å²) in [7, 11) is 3.17. The average Bonchev–Trinajstić information content (AvgIpc) is 3.33. The van der Waals surface area contributed by atoms with E-state index in [4.69, 9.17) is 19.3 Å². The number of amides is 1. The number of nitrogens with zero attached hydrogens (tertiary/aromatic N) is 2. The van der Waals surface area contributed by atoms with E-state index in [0.717, 1.165) is 16.7 Å². The molecule has 37 heavy (non-hydrogen) atoms. The lowest BCUT2D eigenvalue weighted by Crippen LogP contribution is -2.25. The molecule has 0 saturated carbocycles. The van der Waals surface area contributed by atoms with Crippen molar-refractivity contribution >= 4 is 23.5 Å². The first-order valence-corrected chi connectivity index (χ1v) is 11.7. The summed E-state index contributed by atoms with van der Waals surface area (Å²) < 4.78 is 18.1. The van der Waals surface area contributed by atoms with Crippen molar-refractivity contribution < 1.29 is 23.8 Å². The Labute approximate surface area is 214 Å². The van der Waals surface area contributed by atoms with Gasteiger partial charge in [-0.05, 0) is 54.1 Å². The molecule has 0 atom stereocenters. The van der Waals surface area contributed by atoms with Gasteiger partial charge in [0.2, 0.25) is 0 Å². The fraction of sp³-hybridized carbons (Fsp3) is 0.138. The van der Waals surface area contributed by atoms with Crippen molar-refractivity contribution in [2.45, 2.75) is 6.54 Å². The molecule has 0 saturated heterocycles. The molecule has 1 aliphatic heterocycles. The van der Waals surface area contributed by atoms with Crippen LogP contribution >= 0.6 is 0 Å². The van der Waals surface area contributed by atoms with Crippen LogP contribution in [0.5, 0.6) is 17.2 Å². The first-order chi connectivity index (χ1) is 18.0. The molecule has 1 N–H and O–H groups in total. The van der Waals surface area contributed by atoms with Gasteiger partial charge < -0.3 is 19.5 Å². The number of ketones is 1. The lowest BCUT2D eigenvalue weighted by atomic mass is 10.0. The summed E-state index contributed by atoms with van der Waals surface area (Å²) in [5.41, 5.74) is 4.32. The van der Waals surface area contributed by atoms with Crippen molar-refractivity contribution in [2.24, 2.45) is 0 Å². The highest BCUT2D eigenvalue weighted by atomic mass is 16.5. The van der Waals surface area contributed by atoms with E-state index in [0.29, 0.717) is 40.7 Å². The van der Waals surface area contributed by atoms with E-state index in [1.54, 1.807) is 38.5 Å². The minimum Gasteiger partial charge on any atom is -0.493 e. The Morgan fingerprint density at radius 2 is 1.86 bits per heavy atom. The summed E-state index contributed by atoms with van der Waals surface area (Å²) in [6.07, 6.45) is 5.16. The third-order valence-corrected chi connectivity index (χ3v) is 5.95. The van der Waals surface area contributed by atoms with E-state index in [2.05, 4.69) is 5.32 Å². The predicted octanol–water partition coefficient (Wildman–Crippen LogP) is 4.84. The highest BCUT2D eigenvalue weighted by molar-refractivity contribution is 6.08. The van der Waals surface area contributed by atoms with Crippen LogP contribution in [0.15, 0.2) is 79.0 Å². The molecular formula is C29H25N3O5. The van der Waals surface area contributed by atoms with Gasteiger partial charge in [0.1, 0.15) is 5.75 Å². The number of hydrogen-bond donors (Lipinski definition) is 1. The van der Waals surface area contributed by atoms with E-state index in [-0.39, 0.29) is 18.3 Å². The first-order valence-electron chi connectivity index (χ1n) is 11.7. The molecule has 2 heterocycles. The average molecular weight is 496 g/mol. The van der Waals surface area contributed by atoms with Gasteiger partial charge in [0.15, 0.2) is 23.9 Å². The number of nitrogens with one attached hydrogen (secondary N) is 1. The highest BCUT2D eigenvalue weighted by Gasteiger charge is 2.18. The minimum atomic E-state index is -0.252. The molecular weight excluding hydrogens is 470 g/mol. The van der Waals surface area contributed by atoms with Gasteiger partial charge in [-0.1, -0.05) is 30.3 Å². The first kappa shape index (κ1) is 23.9. The van der Waals surface area contributed by atoms with Crippen molar-refractivity contribution in [2.75, 3.05) is 26.1 Å². The van der Waals surface area contributed by atoms with Crippen LogP contribution in [0.1, 0.15) is 21.5 Å². The predicted molar refractivity (Wildman–Crippen MR) is 140 cm³/mol. The maximum atomic E-state index is 13.0. The fourth-order valence-electron chi connectivity index (χ4n) is 4.12. The van der Waals surface area contributed by atoms with Gasteiger partial charge in [-0.3, -0.25) is 14.3 Å². The number of anilines is 1. The normalized spacial score (nSPS) is 12.5. The largest absolute Gasteiger partial charge is 0.493 e. The summed E-state index contributed by atoms with van der Waals surface area (Å²) in [5, 5.41) is 7.55. The number of carbonyl (C=O) groups is 2. The van der Waals surface area contributed by atoms with Crippen LogP contribution in [0.25, 0.3) is 17.3 Å². The molecule has 0 fully saturated rings. The molecule has 1 aliphatic rings. The molecule has 5 rings (SSSR count). The third kappa shape index (κ3) is 5.23. The molecule has 8 heteroatoms. The molecule has 8 nitrogen and oxygen atoms in total. The van der Waals surface area contributed by atoms with Crippen LogP contribution in [-0.4, -0.2) is 42.3 Å². The van der Waals surface area contributed by atoms with E-state index in [1.807, 2.05) is 59.4 Å². The van der Waals surface area contributed by atoms with Gasteiger partial charge in [0.05, 0.1) is 32.1 Å². The van der Waals surface area contributed by atoms with E-state index < -0.39 is 0 Å². The SMILES string of the molecule is COc1ccc(-c2nn(Cc3ccccc3)cc2/C=C/C(=O)c2ccc3c(c2)NC(=O)CO3)cc1OC. The van der Waals surface area contributed by atoms with Gasteiger partial charge in [-0.15, -0.1) is 0 Å². The van der Waals surface area contributed by atoms with Crippen LogP contribution < -0.4 is 19.5 Å². The van der Waals surface area contributed by atoms with Gasteiger partial charge in [0, 0.05) is 22.9 Å². The summed E-state index contributed by atoms with van der Waals surface area (Å²) in [6, 6.07) is 20.6. The van der Waals surface area contributed by atoms with Crippen LogP contribution in [0, 0.1) is 0 Å². The van der Waals surface area contributed by atoms with Gasteiger partial charge >= 0.3 is 0 Å². The molecule has 0 bridgehead atoms. The Kier molecular flexibility index (Phi) is 6.72. The number of allylic oxidation sites excluding steroid dienone is 1. The van der Waals surface area contributed by atoms with Gasteiger partial charge in [0.25, 0.3) is 5.91 Å². The van der Waals surface area contributed by atoms with Crippen molar-refractivity contribution in [3.05, 3.63) is 95.7 Å². The number of benzene rings is 3. The van der Waals surface area contributed by atoms with Crippen LogP contribution in [-0.2, 0) is 11.3 Å². The number of rotatable bonds is 8. The Morgan fingerprint density at radius 1 is 1.05 bits per heavy atom. The lowest BCUT2D eigenvalue weighted by Gasteiger charge is -2.17. The zero-order chi connectivity index (χ0) is 25.8. The van der Waals surface area contributed by atoms with Crippen molar-refractivity contribution in [3.8, 4) is 28.5 Å². The molecule has 0 aliphatic carbocycles. The van der Waals surface area contributed by atoms with Crippen LogP contribution in [0.4, 0.5) is 5.69 Å². The Balaban J connectivity index is 1.48. The summed E-state index contributed by atoms with van der Waals surface area (Å²) in [4.78, 5) is 24.7. The zero-order valence-corrected chi connectivity index (χ0v) is 20.4. The second-order valence-electron chi connectivity index (χ2n) is 8.43.